The van der Waals surface area contributed by atoms with E-state index in [4.69, 9.17) is 10.5 Å². The van der Waals surface area contributed by atoms with Crippen LogP contribution in [0.25, 0.3) is 0 Å². The van der Waals surface area contributed by atoms with Crippen molar-refractivity contribution >= 4 is 5.82 Å². The van der Waals surface area contributed by atoms with Gasteiger partial charge in [-0.3, -0.25) is 5.73 Å². The van der Waals surface area contributed by atoms with Crippen LogP contribution >= 0.6 is 0 Å². The summed E-state index contributed by atoms with van der Waals surface area (Å²) in [5.41, 5.74) is 5.82. The molecular weight excluding hydrogens is 164 g/mol. The summed E-state index contributed by atoms with van der Waals surface area (Å²) in [7, 11) is 0. The Bertz CT molecular complexity index is 282. The smallest absolute Gasteiger partial charge is 0.272 e. The molecule has 0 aliphatic carbocycles. The predicted octanol–water partition coefficient (Wildman–Crippen LogP) is 0.593. The largest absolute Gasteiger partial charge is 0.381 e. The molecule has 1 unspecified atom stereocenters. The highest BCUT2D eigenvalue weighted by Gasteiger charge is 2.18. The molecule has 0 radical (unpaired) electrons. The Kier molecular flexibility index (Phi) is 2.45. The van der Waals surface area contributed by atoms with Gasteiger partial charge < -0.3 is 4.74 Å². The van der Waals surface area contributed by atoms with Gasteiger partial charge in [0.1, 0.15) is 0 Å². The first-order valence-corrected chi connectivity index (χ1v) is 4.68. The minimum Gasteiger partial charge on any atom is -0.381 e. The topological polar surface area (TPSA) is 39.1 Å². The third-order valence-corrected chi connectivity index (χ3v) is 2.45. The number of nitrogen functional groups attached to an aromatic ring is 1. The fraction of sp³-hybridized carbons (Fsp3) is 0.500. The fourth-order valence-electron chi connectivity index (χ4n) is 1.66. The maximum absolute atomic E-state index is 5.82. The number of anilines is 1. The van der Waals surface area contributed by atoms with E-state index in [0.29, 0.717) is 5.92 Å². The highest BCUT2D eigenvalue weighted by Crippen LogP contribution is 2.12. The van der Waals surface area contributed by atoms with Crippen molar-refractivity contribution in [2.24, 2.45) is 5.92 Å². The van der Waals surface area contributed by atoms with Crippen LogP contribution in [0.5, 0.6) is 0 Å². The molecule has 1 fully saturated rings. The van der Waals surface area contributed by atoms with Crippen molar-refractivity contribution in [3.63, 3.8) is 0 Å². The van der Waals surface area contributed by atoms with Crippen molar-refractivity contribution in [1.82, 2.24) is 0 Å². The second-order valence-corrected chi connectivity index (χ2v) is 3.51. The molecule has 0 amide bonds. The van der Waals surface area contributed by atoms with Gasteiger partial charge in [-0.25, -0.2) is 4.57 Å². The van der Waals surface area contributed by atoms with Crippen LogP contribution in [0.4, 0.5) is 5.82 Å². The lowest BCUT2D eigenvalue weighted by molar-refractivity contribution is -0.689. The van der Waals surface area contributed by atoms with Crippen molar-refractivity contribution in [1.29, 1.82) is 0 Å². The zero-order valence-corrected chi connectivity index (χ0v) is 7.65. The van der Waals surface area contributed by atoms with Crippen molar-refractivity contribution in [3.05, 3.63) is 24.4 Å². The Balaban J connectivity index is 2.04. The van der Waals surface area contributed by atoms with Crippen molar-refractivity contribution < 1.29 is 9.30 Å². The molecule has 1 aromatic heterocycles. The molecule has 0 aromatic carbocycles. The minimum atomic E-state index is 0.634. The number of ether oxygens (including phenoxy) is 1. The average molecular weight is 179 g/mol. The lowest BCUT2D eigenvalue weighted by Crippen LogP contribution is -2.40. The van der Waals surface area contributed by atoms with Gasteiger partial charge in [-0.15, -0.1) is 0 Å². The molecule has 2 heterocycles. The van der Waals surface area contributed by atoms with E-state index in [2.05, 4.69) is 4.57 Å². The molecule has 2 rings (SSSR count). The third kappa shape index (κ3) is 1.98. The molecule has 1 saturated heterocycles. The van der Waals surface area contributed by atoms with Crippen LogP contribution in [-0.4, -0.2) is 13.2 Å². The number of nitrogens with two attached hydrogens (primary N) is 1. The van der Waals surface area contributed by atoms with E-state index in [9.17, 15) is 0 Å². The molecule has 13 heavy (non-hydrogen) atoms. The summed E-state index contributed by atoms with van der Waals surface area (Å²) in [6.07, 6.45) is 3.18. The lowest BCUT2D eigenvalue weighted by Gasteiger charge is -2.06. The fourth-order valence-corrected chi connectivity index (χ4v) is 1.66. The Labute approximate surface area is 78.1 Å². The standard InChI is InChI=1S/C10H14N2O/c11-10-3-1-2-5-12(10)7-9-4-6-13-8-9/h1-3,5,9,11H,4,6-8H2/p+1. The Hall–Kier alpha value is -1.09. The molecule has 3 nitrogen and oxygen atoms in total. The van der Waals surface area contributed by atoms with Gasteiger partial charge >= 0.3 is 0 Å². The first-order chi connectivity index (χ1) is 6.36. The SMILES string of the molecule is Nc1cccc[n+]1CC1CCOC1. The van der Waals surface area contributed by atoms with E-state index in [1.165, 1.54) is 0 Å². The molecule has 70 valence electrons. The monoisotopic (exact) mass is 179 g/mol. The molecule has 1 aliphatic rings. The zero-order valence-electron chi connectivity index (χ0n) is 7.65. The van der Waals surface area contributed by atoms with Crippen LogP contribution in [0.3, 0.4) is 0 Å². The Morgan fingerprint density at radius 3 is 3.15 bits per heavy atom. The van der Waals surface area contributed by atoms with E-state index < -0.39 is 0 Å². The quantitative estimate of drug-likeness (QED) is 0.675. The van der Waals surface area contributed by atoms with E-state index in [-0.39, 0.29) is 0 Å². The maximum Gasteiger partial charge on any atom is 0.272 e. The molecule has 0 saturated carbocycles. The van der Waals surface area contributed by atoms with Crippen LogP contribution < -0.4 is 10.3 Å². The van der Waals surface area contributed by atoms with Gasteiger partial charge in [-0.05, 0) is 12.5 Å². The van der Waals surface area contributed by atoms with E-state index >= 15 is 0 Å². The normalized spacial score (nSPS) is 22.0. The molecule has 0 bridgehead atoms. The van der Waals surface area contributed by atoms with Gasteiger partial charge in [0.05, 0.1) is 19.3 Å². The van der Waals surface area contributed by atoms with E-state index in [1.807, 2.05) is 24.4 Å². The summed E-state index contributed by atoms with van der Waals surface area (Å²) in [4.78, 5) is 0. The van der Waals surface area contributed by atoms with Crippen molar-refractivity contribution in [3.8, 4) is 0 Å². The van der Waals surface area contributed by atoms with Gasteiger partial charge in [0, 0.05) is 18.6 Å². The van der Waals surface area contributed by atoms with Gasteiger partial charge in [0.2, 0.25) is 0 Å². The molecule has 1 aliphatic heterocycles. The number of hydrogen-bond donors (Lipinski definition) is 1. The molecule has 3 heteroatoms. The van der Waals surface area contributed by atoms with Gasteiger partial charge in [0.15, 0.2) is 0 Å². The van der Waals surface area contributed by atoms with Crippen molar-refractivity contribution in [2.75, 3.05) is 18.9 Å². The highest BCUT2D eigenvalue weighted by atomic mass is 16.5. The zero-order chi connectivity index (χ0) is 9.10. The Morgan fingerprint density at radius 2 is 2.46 bits per heavy atom. The number of aromatic nitrogens is 1. The van der Waals surface area contributed by atoms with Crippen LogP contribution in [0.2, 0.25) is 0 Å². The van der Waals surface area contributed by atoms with Crippen LogP contribution in [-0.2, 0) is 11.3 Å². The molecule has 0 spiro atoms. The van der Waals surface area contributed by atoms with Crippen LogP contribution in [0, 0.1) is 5.92 Å². The van der Waals surface area contributed by atoms with Gasteiger partial charge in [-0.2, -0.15) is 0 Å². The van der Waals surface area contributed by atoms with Gasteiger partial charge in [-0.1, -0.05) is 6.07 Å². The summed E-state index contributed by atoms with van der Waals surface area (Å²) >= 11 is 0. The van der Waals surface area contributed by atoms with E-state index in [1.54, 1.807) is 0 Å². The first-order valence-electron chi connectivity index (χ1n) is 4.68. The van der Waals surface area contributed by atoms with E-state index in [0.717, 1.165) is 32.0 Å². The highest BCUT2D eigenvalue weighted by molar-refractivity contribution is 5.18. The second kappa shape index (κ2) is 3.75. The van der Waals surface area contributed by atoms with Crippen LogP contribution in [0.1, 0.15) is 6.42 Å². The van der Waals surface area contributed by atoms with Crippen LogP contribution in [0.15, 0.2) is 24.4 Å². The summed E-state index contributed by atoms with van der Waals surface area (Å²) < 4.78 is 7.40. The predicted molar refractivity (Wildman–Crippen MR) is 50.0 cm³/mol. The number of pyridine rings is 1. The third-order valence-electron chi connectivity index (χ3n) is 2.45. The van der Waals surface area contributed by atoms with Crippen molar-refractivity contribution in [2.45, 2.75) is 13.0 Å². The summed E-state index contributed by atoms with van der Waals surface area (Å²) in [5.74, 6) is 1.46. The summed E-state index contributed by atoms with van der Waals surface area (Å²) in [6, 6.07) is 5.89. The Morgan fingerprint density at radius 1 is 1.54 bits per heavy atom. The summed E-state index contributed by atoms with van der Waals surface area (Å²) in [6.45, 7) is 2.76. The molecular formula is C10H15N2O+. The van der Waals surface area contributed by atoms with Gasteiger partial charge in [0.25, 0.3) is 5.82 Å². The maximum atomic E-state index is 5.82. The summed E-state index contributed by atoms with van der Waals surface area (Å²) in [5, 5.41) is 0. The minimum absolute atomic E-state index is 0.634. The number of rotatable bonds is 2. The number of nitrogens with zero attached hydrogens (tertiary/aromatic N) is 1. The second-order valence-electron chi connectivity index (χ2n) is 3.51. The number of hydrogen-bond acceptors (Lipinski definition) is 2. The molecule has 1 atom stereocenters. The molecule has 1 aromatic rings. The first kappa shape index (κ1) is 8.51. The molecule has 2 N–H and O–H groups in total. The average Bonchev–Trinajstić information content (AvgIpc) is 2.61. The lowest BCUT2D eigenvalue weighted by atomic mass is 10.1.